The van der Waals surface area contributed by atoms with Crippen molar-refractivity contribution in [3.63, 3.8) is 0 Å². The molecular weight excluding hydrogens is 444 g/mol. The number of halogens is 1. The maximum atomic E-state index is 12.4. The zero-order chi connectivity index (χ0) is 22.5. The number of carbonyl (C=O) groups excluding carboxylic acids is 1. The van der Waals surface area contributed by atoms with Crippen molar-refractivity contribution < 1.29 is 14.3 Å². The van der Waals surface area contributed by atoms with Crippen LogP contribution in [0, 0.1) is 6.92 Å². The number of methoxy groups -OCH3 is 1. The van der Waals surface area contributed by atoms with Crippen molar-refractivity contribution in [2.24, 2.45) is 4.99 Å². The molecule has 1 heterocycles. The van der Waals surface area contributed by atoms with Crippen LogP contribution in [0.4, 0.5) is 5.69 Å². The van der Waals surface area contributed by atoms with Crippen LogP contribution >= 0.6 is 23.4 Å². The quantitative estimate of drug-likeness (QED) is 0.446. The van der Waals surface area contributed by atoms with Gasteiger partial charge in [-0.1, -0.05) is 47.5 Å². The number of ether oxygens (including phenoxy) is 2. The summed E-state index contributed by atoms with van der Waals surface area (Å²) in [6.07, 6.45) is 1.80. The number of nitrogens with one attached hydrogen (secondary N) is 1. The van der Waals surface area contributed by atoms with Gasteiger partial charge in [0.05, 0.1) is 17.7 Å². The van der Waals surface area contributed by atoms with Crippen LogP contribution in [-0.2, 0) is 11.4 Å². The Balaban J connectivity index is 1.47. The predicted octanol–water partition coefficient (Wildman–Crippen LogP) is 6.13. The summed E-state index contributed by atoms with van der Waals surface area (Å²) < 4.78 is 11.4. The van der Waals surface area contributed by atoms with Gasteiger partial charge in [0, 0.05) is 5.02 Å². The van der Waals surface area contributed by atoms with Crippen molar-refractivity contribution in [3.8, 4) is 11.5 Å². The van der Waals surface area contributed by atoms with Gasteiger partial charge < -0.3 is 14.8 Å². The Morgan fingerprint density at radius 3 is 2.50 bits per heavy atom. The lowest BCUT2D eigenvalue weighted by atomic mass is 10.1. The lowest BCUT2D eigenvalue weighted by Crippen LogP contribution is -2.19. The molecule has 1 aliphatic rings. The summed E-state index contributed by atoms with van der Waals surface area (Å²) >= 11 is 7.19. The van der Waals surface area contributed by atoms with E-state index < -0.39 is 0 Å². The van der Waals surface area contributed by atoms with Crippen LogP contribution in [0.25, 0.3) is 6.08 Å². The predicted molar refractivity (Wildman–Crippen MR) is 131 cm³/mol. The minimum atomic E-state index is -0.193. The molecule has 0 radical (unpaired) electrons. The highest BCUT2D eigenvalue weighted by Crippen LogP contribution is 2.32. The van der Waals surface area contributed by atoms with Crippen LogP contribution in [0.15, 0.2) is 76.6 Å². The fourth-order valence-electron chi connectivity index (χ4n) is 3.00. The number of carbonyl (C=O) groups is 1. The topological polar surface area (TPSA) is 59.9 Å². The fourth-order valence-corrected chi connectivity index (χ4v) is 3.97. The summed E-state index contributed by atoms with van der Waals surface area (Å²) in [4.78, 5) is 17.4. The van der Waals surface area contributed by atoms with Crippen LogP contribution in [0.2, 0.25) is 5.02 Å². The van der Waals surface area contributed by atoms with E-state index in [1.807, 2.05) is 30.3 Å². The molecule has 0 spiro atoms. The van der Waals surface area contributed by atoms with E-state index in [-0.39, 0.29) is 5.91 Å². The Labute approximate surface area is 196 Å². The SMILES string of the molecule is COc1cc(/C=C2\SC(=Nc3ccc(Cl)cc3)NC2=O)ccc1OCc1ccc(C)cc1. The number of aliphatic imine (C=N–C) groups is 1. The maximum absolute atomic E-state index is 12.4. The molecule has 1 aliphatic heterocycles. The van der Waals surface area contributed by atoms with Gasteiger partial charge in [0.25, 0.3) is 5.91 Å². The average Bonchev–Trinajstić information content (AvgIpc) is 3.13. The van der Waals surface area contributed by atoms with E-state index in [1.165, 1.54) is 17.3 Å². The first-order valence-electron chi connectivity index (χ1n) is 9.92. The molecule has 1 amide bonds. The van der Waals surface area contributed by atoms with E-state index in [2.05, 4.69) is 29.4 Å². The molecule has 0 atom stereocenters. The normalized spacial score (nSPS) is 15.8. The molecule has 162 valence electrons. The van der Waals surface area contributed by atoms with Gasteiger partial charge in [0.1, 0.15) is 6.61 Å². The summed E-state index contributed by atoms with van der Waals surface area (Å²) in [6.45, 7) is 2.50. The number of benzene rings is 3. The van der Waals surface area contributed by atoms with Crippen molar-refractivity contribution >= 4 is 46.2 Å². The second-order valence-corrected chi connectivity index (χ2v) is 8.61. The lowest BCUT2D eigenvalue weighted by Gasteiger charge is -2.11. The summed E-state index contributed by atoms with van der Waals surface area (Å²) in [5.74, 6) is 1.05. The van der Waals surface area contributed by atoms with Gasteiger partial charge in [0.2, 0.25) is 0 Å². The van der Waals surface area contributed by atoms with E-state index in [1.54, 1.807) is 37.5 Å². The second-order valence-electron chi connectivity index (χ2n) is 7.14. The molecule has 5 nitrogen and oxygen atoms in total. The first-order valence-corrected chi connectivity index (χ1v) is 11.1. The Morgan fingerprint density at radius 2 is 1.78 bits per heavy atom. The van der Waals surface area contributed by atoms with Crippen molar-refractivity contribution in [3.05, 3.63) is 93.3 Å². The zero-order valence-corrected chi connectivity index (χ0v) is 19.2. The minimum absolute atomic E-state index is 0.193. The molecule has 4 rings (SSSR count). The van der Waals surface area contributed by atoms with E-state index in [0.29, 0.717) is 33.2 Å². The number of amides is 1. The van der Waals surface area contributed by atoms with Gasteiger partial charge in [-0.3, -0.25) is 4.79 Å². The number of nitrogens with zero attached hydrogens (tertiary/aromatic N) is 1. The van der Waals surface area contributed by atoms with Crippen molar-refractivity contribution in [1.82, 2.24) is 5.32 Å². The molecule has 32 heavy (non-hydrogen) atoms. The zero-order valence-electron chi connectivity index (χ0n) is 17.6. The Hall–Kier alpha value is -3.22. The molecule has 0 bridgehead atoms. The van der Waals surface area contributed by atoms with Gasteiger partial charge >= 0.3 is 0 Å². The van der Waals surface area contributed by atoms with Gasteiger partial charge in [0.15, 0.2) is 16.7 Å². The maximum Gasteiger partial charge on any atom is 0.264 e. The van der Waals surface area contributed by atoms with Crippen LogP contribution in [0.1, 0.15) is 16.7 Å². The van der Waals surface area contributed by atoms with E-state index >= 15 is 0 Å². The third-order valence-electron chi connectivity index (χ3n) is 4.71. The van der Waals surface area contributed by atoms with Gasteiger partial charge in [-0.15, -0.1) is 0 Å². The summed E-state index contributed by atoms with van der Waals surface area (Å²) in [6, 6.07) is 20.9. The molecule has 7 heteroatoms. The fraction of sp³-hybridized carbons (Fsp3) is 0.120. The number of amidine groups is 1. The molecule has 1 N–H and O–H groups in total. The minimum Gasteiger partial charge on any atom is -0.493 e. The number of rotatable bonds is 6. The number of thioether (sulfide) groups is 1. The third kappa shape index (κ3) is 5.52. The molecule has 3 aromatic rings. The summed E-state index contributed by atoms with van der Waals surface area (Å²) in [7, 11) is 1.60. The second kappa shape index (κ2) is 9.94. The standard InChI is InChI=1S/C25H21ClN2O3S/c1-16-3-5-17(6-4-16)15-31-21-12-7-18(13-22(21)30-2)14-23-24(29)28-25(32-23)27-20-10-8-19(26)9-11-20/h3-14H,15H2,1-2H3,(H,27,28,29)/b23-14-. The lowest BCUT2D eigenvalue weighted by molar-refractivity contribution is -0.115. The first kappa shape index (κ1) is 22.0. The van der Waals surface area contributed by atoms with Crippen LogP contribution in [0.3, 0.4) is 0 Å². The van der Waals surface area contributed by atoms with Crippen LogP contribution in [0.5, 0.6) is 11.5 Å². The monoisotopic (exact) mass is 464 g/mol. The molecule has 0 saturated carbocycles. The number of aryl methyl sites for hydroxylation is 1. The molecule has 0 unspecified atom stereocenters. The van der Waals surface area contributed by atoms with E-state index in [4.69, 9.17) is 21.1 Å². The van der Waals surface area contributed by atoms with E-state index in [0.717, 1.165) is 16.8 Å². The summed E-state index contributed by atoms with van der Waals surface area (Å²) in [5.41, 5.74) is 3.83. The van der Waals surface area contributed by atoms with Gasteiger partial charge in [-0.25, -0.2) is 4.99 Å². The highest BCUT2D eigenvalue weighted by Gasteiger charge is 2.24. The van der Waals surface area contributed by atoms with Crippen molar-refractivity contribution in [2.45, 2.75) is 13.5 Å². The highest BCUT2D eigenvalue weighted by molar-refractivity contribution is 8.18. The molecule has 0 aromatic heterocycles. The first-order chi connectivity index (χ1) is 15.5. The smallest absolute Gasteiger partial charge is 0.264 e. The Bertz CT molecular complexity index is 1190. The van der Waals surface area contributed by atoms with Crippen LogP contribution in [-0.4, -0.2) is 18.2 Å². The van der Waals surface area contributed by atoms with Gasteiger partial charge in [-0.2, -0.15) is 0 Å². The largest absolute Gasteiger partial charge is 0.493 e. The molecule has 0 aliphatic carbocycles. The molecule has 1 saturated heterocycles. The van der Waals surface area contributed by atoms with Crippen molar-refractivity contribution in [1.29, 1.82) is 0 Å². The highest BCUT2D eigenvalue weighted by atomic mass is 35.5. The molecular formula is C25H21ClN2O3S. The number of hydrogen-bond donors (Lipinski definition) is 1. The Morgan fingerprint density at radius 1 is 1.03 bits per heavy atom. The van der Waals surface area contributed by atoms with E-state index in [9.17, 15) is 4.79 Å². The van der Waals surface area contributed by atoms with Crippen molar-refractivity contribution in [2.75, 3.05) is 7.11 Å². The Kier molecular flexibility index (Phi) is 6.83. The molecule has 3 aromatic carbocycles. The third-order valence-corrected chi connectivity index (χ3v) is 5.87. The van der Waals surface area contributed by atoms with Crippen LogP contribution < -0.4 is 14.8 Å². The number of hydrogen-bond acceptors (Lipinski definition) is 5. The van der Waals surface area contributed by atoms with Gasteiger partial charge in [-0.05, 0) is 72.3 Å². The summed E-state index contributed by atoms with van der Waals surface area (Å²) in [5, 5.41) is 3.95. The molecule has 1 fully saturated rings. The average molecular weight is 465 g/mol.